The van der Waals surface area contributed by atoms with Gasteiger partial charge in [-0.3, -0.25) is 0 Å². The Kier molecular flexibility index (Phi) is 757. The van der Waals surface area contributed by atoms with Crippen LogP contribution in [0.4, 0.5) is 0 Å². The summed E-state index contributed by atoms with van der Waals surface area (Å²) in [6.07, 6.45) is 0. The van der Waals surface area contributed by atoms with Gasteiger partial charge in [0.2, 0.25) is 0 Å². The van der Waals surface area contributed by atoms with Gasteiger partial charge >= 0.3 is 0 Å². The van der Waals surface area contributed by atoms with E-state index in [0.29, 0.717) is 0 Å². The smallest absolute Gasteiger partial charge is 0.114 e. The molecular formula is H6Br3Cl3. The first kappa shape index (κ1) is 83.2. The molecule has 0 aliphatic carbocycles. The van der Waals surface area contributed by atoms with E-state index in [0.717, 1.165) is 0 Å². The summed E-state index contributed by atoms with van der Waals surface area (Å²) in [5.74, 6) is 0. The summed E-state index contributed by atoms with van der Waals surface area (Å²) in [7, 11) is 0. The Morgan fingerprint density at radius 3 is 0.333 bits per heavy atom. The van der Waals surface area contributed by atoms with Gasteiger partial charge in [-0.15, -0.1) is 88.2 Å². The minimum Gasteiger partial charge on any atom is -0.147 e. The van der Waals surface area contributed by atoms with Gasteiger partial charge in [-0.1, -0.05) is 0 Å². The van der Waals surface area contributed by atoms with Crippen LogP contribution in [-0.4, -0.2) is 0 Å². The molecule has 0 spiro atoms. The van der Waals surface area contributed by atoms with E-state index >= 15 is 0 Å². The summed E-state index contributed by atoms with van der Waals surface area (Å²) >= 11 is 0. The van der Waals surface area contributed by atoms with Crippen LogP contribution >= 0.6 is 88.2 Å². The van der Waals surface area contributed by atoms with Crippen LogP contribution < -0.4 is 0 Å². The van der Waals surface area contributed by atoms with Gasteiger partial charge in [0, 0.05) is 0 Å². The van der Waals surface area contributed by atoms with Crippen LogP contribution in [-0.2, 0) is 0 Å². The Labute approximate surface area is 87.4 Å². The molecular weight excluding hydrogens is 346 g/mol. The first-order valence-electron chi connectivity index (χ1n) is 0. The Bertz CT molecular complexity index is 6.00. The molecule has 0 atom stereocenters. The third kappa shape index (κ3) is 33.3. The second-order valence-electron chi connectivity index (χ2n) is 0. The lowest BCUT2D eigenvalue weighted by atomic mass is 35.5. The molecule has 0 nitrogen and oxygen atoms in total. The van der Waals surface area contributed by atoms with E-state index < -0.39 is 0 Å². The van der Waals surface area contributed by atoms with Crippen molar-refractivity contribution in [2.45, 2.75) is 0 Å². The highest BCUT2D eigenvalue weighted by Gasteiger charge is -0.111. The highest BCUT2D eigenvalue weighted by Crippen LogP contribution is 0.848. The van der Waals surface area contributed by atoms with Crippen molar-refractivity contribution in [1.29, 1.82) is 0 Å². The summed E-state index contributed by atoms with van der Waals surface area (Å²) in [5, 5.41) is 0. The van der Waals surface area contributed by atoms with Crippen molar-refractivity contribution in [3.8, 4) is 0 Å². The molecule has 0 saturated heterocycles. The van der Waals surface area contributed by atoms with Gasteiger partial charge in [0.25, 0.3) is 0 Å². The Balaban J connectivity index is 0. The topological polar surface area (TPSA) is 0 Å². The molecule has 0 aliphatic heterocycles. The average molecular weight is 352 g/mol. The van der Waals surface area contributed by atoms with Crippen LogP contribution in [0, 0.1) is 0 Å². The molecule has 0 rings (SSSR count). The molecule has 6 heavy (non-hydrogen) atoms. The van der Waals surface area contributed by atoms with E-state index in [2.05, 4.69) is 0 Å². The molecule has 0 aromatic carbocycles. The van der Waals surface area contributed by atoms with Crippen LogP contribution in [0.15, 0.2) is 0 Å². The summed E-state index contributed by atoms with van der Waals surface area (Å²) in [6, 6.07) is 0. The molecule has 0 aromatic rings. The first-order chi connectivity index (χ1) is 0. The molecule has 0 fully saturated rings. The second kappa shape index (κ2) is 54.5. The average Bonchev–Trinajstić information content (AvgIpc) is 0. The van der Waals surface area contributed by atoms with Crippen LogP contribution in [0.1, 0.15) is 0 Å². The predicted molar refractivity (Wildman–Crippen MR) is 52.7 cm³/mol. The third-order valence-corrected chi connectivity index (χ3v) is 0. The molecule has 0 unspecified atom stereocenters. The molecule has 0 amide bonds. The Morgan fingerprint density at radius 2 is 0.333 bits per heavy atom. The maximum absolute atomic E-state index is 0. The highest BCUT2D eigenvalue weighted by atomic mass is 79.9. The van der Waals surface area contributed by atoms with Crippen LogP contribution in [0.5, 0.6) is 0 Å². The SMILES string of the molecule is Br.Br.Br.Cl.Cl.Cl. The van der Waals surface area contributed by atoms with Crippen molar-refractivity contribution in [1.82, 2.24) is 0 Å². The molecule has 0 saturated carbocycles. The summed E-state index contributed by atoms with van der Waals surface area (Å²) in [4.78, 5) is 0. The third-order valence-electron chi connectivity index (χ3n) is 0. The zero-order valence-electron chi connectivity index (χ0n) is 2.45. The highest BCUT2D eigenvalue weighted by molar-refractivity contribution is 8.93. The lowest BCUT2D eigenvalue weighted by molar-refractivity contribution is 5.85. The van der Waals surface area contributed by atoms with E-state index in [9.17, 15) is 0 Å². The number of rotatable bonds is 0. The largest absolute Gasteiger partial charge is 0.147 e. The van der Waals surface area contributed by atoms with Crippen molar-refractivity contribution in [3.05, 3.63) is 0 Å². The minimum absolute atomic E-state index is 0. The fourth-order valence-corrected chi connectivity index (χ4v) is 0. The van der Waals surface area contributed by atoms with Crippen LogP contribution in [0.25, 0.3) is 0 Å². The molecule has 0 aliphatic rings. The number of hydrogen-bond acceptors (Lipinski definition) is 0. The maximum atomic E-state index is 0. The van der Waals surface area contributed by atoms with Crippen molar-refractivity contribution in [2.24, 2.45) is 0 Å². The standard InChI is InChI=1S/3BrH.3ClH/h6*1H. The minimum atomic E-state index is 0. The van der Waals surface area contributed by atoms with Crippen LogP contribution in [0.3, 0.4) is 0 Å². The van der Waals surface area contributed by atoms with Crippen LogP contribution in [0.2, 0.25) is 0 Å². The maximum Gasteiger partial charge on any atom is -0.114 e. The van der Waals surface area contributed by atoms with E-state index in [1.54, 1.807) is 0 Å². The van der Waals surface area contributed by atoms with Gasteiger partial charge in [0.05, 0.1) is 0 Å². The molecule has 0 aromatic heterocycles. The second-order valence-corrected chi connectivity index (χ2v) is 0. The normalized spacial score (nSPS) is 0. The summed E-state index contributed by atoms with van der Waals surface area (Å²) < 4.78 is 0. The van der Waals surface area contributed by atoms with Gasteiger partial charge in [0.15, 0.2) is 0 Å². The molecule has 0 radical (unpaired) electrons. The zero-order valence-corrected chi connectivity index (χ0v) is 10.0. The van der Waals surface area contributed by atoms with E-state index in [1.807, 2.05) is 0 Å². The number of halogens is 6. The monoisotopic (exact) mass is 348 g/mol. The molecule has 0 N–H and O–H groups in total. The first-order valence-corrected chi connectivity index (χ1v) is 0. The number of hydrogen-bond donors (Lipinski definition) is 0. The fraction of sp³-hybridized carbons (Fsp3) is 0. The Morgan fingerprint density at radius 1 is 0.333 bits per heavy atom. The summed E-state index contributed by atoms with van der Waals surface area (Å²) in [6.45, 7) is 0. The lowest BCUT2D eigenvalue weighted by Gasteiger charge is -0.148. The van der Waals surface area contributed by atoms with Crippen molar-refractivity contribution in [2.75, 3.05) is 0 Å². The fourth-order valence-electron chi connectivity index (χ4n) is 0. The lowest BCUT2D eigenvalue weighted by Crippen LogP contribution is 0.689. The zero-order chi connectivity index (χ0) is 0. The van der Waals surface area contributed by atoms with E-state index in [-0.39, 0.29) is 88.2 Å². The van der Waals surface area contributed by atoms with Gasteiger partial charge in [-0.05, 0) is 0 Å². The van der Waals surface area contributed by atoms with E-state index in [1.165, 1.54) is 0 Å². The molecule has 0 heterocycles. The van der Waals surface area contributed by atoms with Gasteiger partial charge in [-0.25, -0.2) is 0 Å². The molecule has 0 bridgehead atoms. The quantitative estimate of drug-likeness (QED) is 0.629. The van der Waals surface area contributed by atoms with Crippen molar-refractivity contribution >= 4 is 88.2 Å². The van der Waals surface area contributed by atoms with Gasteiger partial charge in [0.1, 0.15) is 0 Å². The predicted octanol–water partition coefficient (Wildman–Crippen LogP) is 3.00. The van der Waals surface area contributed by atoms with Crippen molar-refractivity contribution < 1.29 is 0 Å². The van der Waals surface area contributed by atoms with Crippen molar-refractivity contribution in [3.63, 3.8) is 0 Å². The summed E-state index contributed by atoms with van der Waals surface area (Å²) in [5.41, 5.74) is 0. The Hall–Kier alpha value is 2.31. The molecule has 48 valence electrons. The van der Waals surface area contributed by atoms with Gasteiger partial charge < -0.3 is 0 Å². The molecule has 6 heteroatoms. The van der Waals surface area contributed by atoms with Gasteiger partial charge in [-0.2, -0.15) is 0 Å². The van der Waals surface area contributed by atoms with E-state index in [4.69, 9.17) is 0 Å².